The molecular weight excluding hydrogens is 382 g/mol. The largest absolute Gasteiger partial charge is 0.365 e. The third kappa shape index (κ3) is 3.13. The minimum atomic E-state index is -0.842. The minimum absolute atomic E-state index is 0.0686. The van der Waals surface area contributed by atoms with E-state index in [1.165, 1.54) is 18.7 Å². The molecule has 2 bridgehead atoms. The maximum atomic E-state index is 13.6. The Hall–Kier alpha value is -3.26. The molecule has 2 aromatic heterocycles. The second kappa shape index (κ2) is 7.21. The van der Waals surface area contributed by atoms with Crippen LogP contribution in [-0.2, 0) is 0 Å². The number of hydrogen-bond donors (Lipinski definition) is 3. The van der Waals surface area contributed by atoms with E-state index in [0.717, 1.165) is 31.2 Å². The number of amides is 1. The number of carbonyl (C=O) groups excluding carboxylic acids is 1. The number of rotatable bonds is 3. The van der Waals surface area contributed by atoms with E-state index >= 15 is 0 Å². The molecule has 5 rings (SSSR count). The highest BCUT2D eigenvalue weighted by atomic mass is 16.2. The fourth-order valence-electron chi connectivity index (χ4n) is 4.95. The fraction of sp³-hybridized carbons (Fsp3) is 0.364. The molecular formula is C22H23N5O3. The third-order valence-electron chi connectivity index (χ3n) is 6.29. The fourth-order valence-corrected chi connectivity index (χ4v) is 4.95. The van der Waals surface area contributed by atoms with Gasteiger partial charge in [-0.1, -0.05) is 18.6 Å². The lowest BCUT2D eigenvalue weighted by molar-refractivity contribution is 0.0999. The molecule has 30 heavy (non-hydrogen) atoms. The van der Waals surface area contributed by atoms with E-state index < -0.39 is 11.5 Å². The van der Waals surface area contributed by atoms with Gasteiger partial charge >= 0.3 is 0 Å². The van der Waals surface area contributed by atoms with E-state index in [-0.39, 0.29) is 22.9 Å². The zero-order valence-corrected chi connectivity index (χ0v) is 16.4. The summed E-state index contributed by atoms with van der Waals surface area (Å²) in [7, 11) is 0. The van der Waals surface area contributed by atoms with Crippen LogP contribution >= 0.6 is 0 Å². The molecule has 2 aliphatic heterocycles. The van der Waals surface area contributed by atoms with E-state index in [1.807, 2.05) is 28.8 Å². The summed E-state index contributed by atoms with van der Waals surface area (Å²) in [4.78, 5) is 44.2. The Bertz CT molecular complexity index is 1250. The van der Waals surface area contributed by atoms with Gasteiger partial charge in [-0.05, 0) is 43.9 Å². The maximum Gasteiger partial charge on any atom is 0.277 e. The second-order valence-corrected chi connectivity index (χ2v) is 8.24. The molecule has 8 nitrogen and oxygen atoms in total. The highest BCUT2D eigenvalue weighted by molar-refractivity contribution is 5.93. The monoisotopic (exact) mass is 405 g/mol. The van der Waals surface area contributed by atoms with Crippen LogP contribution in [0.3, 0.4) is 0 Å². The van der Waals surface area contributed by atoms with Gasteiger partial charge in [-0.2, -0.15) is 0 Å². The van der Waals surface area contributed by atoms with Crippen LogP contribution in [0.1, 0.15) is 48.5 Å². The van der Waals surface area contributed by atoms with Gasteiger partial charge in [0.2, 0.25) is 0 Å². The van der Waals surface area contributed by atoms with Crippen LogP contribution in [0, 0.1) is 0 Å². The van der Waals surface area contributed by atoms with Crippen molar-refractivity contribution in [2.45, 2.75) is 50.2 Å². The molecule has 154 valence electrons. The van der Waals surface area contributed by atoms with Crippen molar-refractivity contribution in [2.75, 3.05) is 0 Å². The van der Waals surface area contributed by atoms with Gasteiger partial charge in [0, 0.05) is 29.9 Å². The predicted molar refractivity (Wildman–Crippen MR) is 113 cm³/mol. The Labute approximate surface area is 172 Å². The van der Waals surface area contributed by atoms with Crippen molar-refractivity contribution in [2.24, 2.45) is 5.73 Å². The first-order chi connectivity index (χ1) is 14.5. The van der Waals surface area contributed by atoms with Crippen LogP contribution in [-0.4, -0.2) is 32.5 Å². The van der Waals surface area contributed by atoms with E-state index in [0.29, 0.717) is 23.2 Å². The van der Waals surface area contributed by atoms with Crippen molar-refractivity contribution in [1.29, 1.82) is 0 Å². The average Bonchev–Trinajstić information content (AvgIpc) is 2.73. The van der Waals surface area contributed by atoms with Gasteiger partial charge in [-0.3, -0.25) is 14.4 Å². The van der Waals surface area contributed by atoms with Crippen LogP contribution in [0.15, 0.2) is 46.1 Å². The van der Waals surface area contributed by atoms with Crippen LogP contribution in [0.4, 0.5) is 0 Å². The standard InChI is InChI=1S/C22H23N5O3/c23-20(28)16-8-12(11-24-21(16)29)19-22(30)27(18-7-2-1-6-17(18)26-19)15-9-13-4-3-5-14(10-15)25-13/h1-2,6-8,11,13-15,25H,3-5,9-10H2,(H2,23,28)(H,24,29). The number of carbonyl (C=O) groups is 1. The molecule has 1 aromatic carbocycles. The molecule has 3 aromatic rings. The van der Waals surface area contributed by atoms with Gasteiger partial charge in [0.25, 0.3) is 17.0 Å². The smallest absolute Gasteiger partial charge is 0.277 e. The van der Waals surface area contributed by atoms with E-state index in [2.05, 4.69) is 15.3 Å². The summed E-state index contributed by atoms with van der Waals surface area (Å²) in [5, 5.41) is 3.67. The number of pyridine rings is 1. The van der Waals surface area contributed by atoms with Crippen molar-refractivity contribution < 1.29 is 4.79 Å². The van der Waals surface area contributed by atoms with E-state index in [9.17, 15) is 14.4 Å². The molecule has 4 heterocycles. The molecule has 0 spiro atoms. The van der Waals surface area contributed by atoms with Gasteiger partial charge in [0.05, 0.1) is 11.0 Å². The number of aromatic nitrogens is 3. The molecule has 8 heteroatoms. The summed E-state index contributed by atoms with van der Waals surface area (Å²) < 4.78 is 1.86. The Morgan fingerprint density at radius 3 is 2.60 bits per heavy atom. The predicted octanol–water partition coefficient (Wildman–Crippen LogP) is 1.70. The molecule has 2 fully saturated rings. The number of hydrogen-bond acceptors (Lipinski definition) is 5. The molecule has 4 N–H and O–H groups in total. The SMILES string of the molecule is NC(=O)c1cc(-c2nc3ccccc3n(C3CC4CCCC(C3)N4)c2=O)c[nH]c1=O. The molecule has 0 aliphatic carbocycles. The van der Waals surface area contributed by atoms with Crippen molar-refractivity contribution in [3.63, 3.8) is 0 Å². The zero-order chi connectivity index (χ0) is 20.8. The van der Waals surface area contributed by atoms with Gasteiger partial charge in [-0.15, -0.1) is 0 Å². The topological polar surface area (TPSA) is 123 Å². The first kappa shape index (κ1) is 18.7. The van der Waals surface area contributed by atoms with Crippen LogP contribution in [0.5, 0.6) is 0 Å². The first-order valence-electron chi connectivity index (χ1n) is 10.3. The molecule has 2 unspecified atom stereocenters. The van der Waals surface area contributed by atoms with Crippen LogP contribution < -0.4 is 22.2 Å². The number of H-pyrrole nitrogens is 1. The minimum Gasteiger partial charge on any atom is -0.365 e. The number of nitrogens with zero attached hydrogens (tertiary/aromatic N) is 2. The van der Waals surface area contributed by atoms with Gasteiger partial charge in [-0.25, -0.2) is 4.98 Å². The summed E-state index contributed by atoms with van der Waals surface area (Å²) in [6.45, 7) is 0. The lowest BCUT2D eigenvalue weighted by atomic mass is 9.84. The van der Waals surface area contributed by atoms with Crippen molar-refractivity contribution in [3.8, 4) is 11.3 Å². The first-order valence-corrected chi connectivity index (χ1v) is 10.3. The van der Waals surface area contributed by atoms with Crippen molar-refractivity contribution in [1.82, 2.24) is 19.9 Å². The Balaban J connectivity index is 1.71. The third-order valence-corrected chi connectivity index (χ3v) is 6.29. The summed E-state index contributed by atoms with van der Waals surface area (Å²) in [6, 6.07) is 9.84. The number of primary amides is 1. The average molecular weight is 405 g/mol. The summed E-state index contributed by atoms with van der Waals surface area (Å²) in [6.07, 6.45) is 6.66. The van der Waals surface area contributed by atoms with Gasteiger partial charge < -0.3 is 20.6 Å². The number of para-hydroxylation sites is 2. The van der Waals surface area contributed by atoms with Crippen molar-refractivity contribution in [3.05, 3.63) is 62.8 Å². The number of aromatic amines is 1. The maximum absolute atomic E-state index is 13.6. The van der Waals surface area contributed by atoms with Crippen LogP contribution in [0.2, 0.25) is 0 Å². The highest BCUT2D eigenvalue weighted by Crippen LogP contribution is 2.34. The number of fused-ring (bicyclic) bond motifs is 3. The van der Waals surface area contributed by atoms with E-state index in [1.54, 1.807) is 0 Å². The lowest BCUT2D eigenvalue weighted by Gasteiger charge is -2.41. The van der Waals surface area contributed by atoms with Crippen molar-refractivity contribution >= 4 is 16.9 Å². The molecule has 0 saturated carbocycles. The molecule has 2 atom stereocenters. The molecule has 1 amide bonds. The Morgan fingerprint density at radius 1 is 1.13 bits per heavy atom. The summed E-state index contributed by atoms with van der Waals surface area (Å²) in [5.74, 6) is -0.842. The Kier molecular flexibility index (Phi) is 4.51. The normalized spacial score (nSPS) is 23.4. The quantitative estimate of drug-likeness (QED) is 0.612. The second-order valence-electron chi connectivity index (χ2n) is 8.24. The molecule has 2 saturated heterocycles. The molecule has 2 aliphatic rings. The number of piperidine rings is 2. The number of nitrogens with two attached hydrogens (primary N) is 1. The van der Waals surface area contributed by atoms with Crippen LogP contribution in [0.25, 0.3) is 22.3 Å². The highest BCUT2D eigenvalue weighted by Gasteiger charge is 2.33. The Morgan fingerprint density at radius 2 is 1.87 bits per heavy atom. The zero-order valence-electron chi connectivity index (χ0n) is 16.4. The lowest BCUT2D eigenvalue weighted by Crippen LogP contribution is -2.50. The van der Waals surface area contributed by atoms with Gasteiger partial charge in [0.1, 0.15) is 11.3 Å². The summed E-state index contributed by atoms with van der Waals surface area (Å²) in [5.41, 5.74) is 6.40. The van der Waals surface area contributed by atoms with Gasteiger partial charge in [0.15, 0.2) is 0 Å². The number of nitrogens with one attached hydrogen (secondary N) is 2. The summed E-state index contributed by atoms with van der Waals surface area (Å²) >= 11 is 0. The van der Waals surface area contributed by atoms with E-state index in [4.69, 9.17) is 5.73 Å². The molecule has 0 radical (unpaired) electrons. The number of benzene rings is 1.